The normalized spacial score (nSPS) is 14.7. The second-order valence-electron chi connectivity index (χ2n) is 7.38. The second kappa shape index (κ2) is 11.8. The highest BCUT2D eigenvalue weighted by Gasteiger charge is 2.10. The average molecular weight is 483 g/mol. The number of amidine groups is 2. The van der Waals surface area contributed by atoms with Gasteiger partial charge in [0, 0.05) is 40.7 Å². The fourth-order valence-electron chi connectivity index (χ4n) is 3.33. The number of rotatable bonds is 10. The molecular formula is C23H26N6O2S2. The lowest BCUT2D eigenvalue weighted by Crippen LogP contribution is -2.19. The number of nitrogens with zero attached hydrogens (tertiary/aromatic N) is 2. The first-order chi connectivity index (χ1) is 16.2. The summed E-state index contributed by atoms with van der Waals surface area (Å²) in [6.07, 6.45) is 0. The van der Waals surface area contributed by atoms with Gasteiger partial charge in [-0.1, -0.05) is 0 Å². The lowest BCUT2D eigenvalue weighted by Gasteiger charge is -2.08. The van der Waals surface area contributed by atoms with Crippen LogP contribution >= 0.6 is 23.5 Å². The minimum atomic E-state index is -0.0596. The Kier molecular flexibility index (Phi) is 8.26. The van der Waals surface area contributed by atoms with Crippen LogP contribution in [0.1, 0.15) is 11.1 Å². The van der Waals surface area contributed by atoms with Gasteiger partial charge in [0.2, 0.25) is 11.8 Å². The molecular weight excluding hydrogens is 456 g/mol. The second-order valence-corrected chi connectivity index (χ2v) is 9.72. The number of anilines is 2. The molecule has 8 nitrogen and oxygen atoms in total. The third-order valence-corrected chi connectivity index (χ3v) is 7.13. The van der Waals surface area contributed by atoms with E-state index in [1.807, 2.05) is 48.5 Å². The van der Waals surface area contributed by atoms with Gasteiger partial charge in [0.15, 0.2) is 0 Å². The summed E-state index contributed by atoms with van der Waals surface area (Å²) in [5, 5.41) is 12.9. The molecule has 2 aromatic rings. The summed E-state index contributed by atoms with van der Waals surface area (Å²) in [4.78, 5) is 33.1. The number of benzene rings is 2. The van der Waals surface area contributed by atoms with Crippen LogP contribution in [0, 0.1) is 0 Å². The Morgan fingerprint density at radius 2 is 1.15 bits per heavy atom. The molecule has 0 spiro atoms. The molecule has 10 heteroatoms. The summed E-state index contributed by atoms with van der Waals surface area (Å²) in [5.41, 5.74) is 3.56. The zero-order valence-electron chi connectivity index (χ0n) is 18.1. The van der Waals surface area contributed by atoms with Crippen LogP contribution in [0.25, 0.3) is 0 Å². The Labute approximate surface area is 201 Å². The summed E-state index contributed by atoms with van der Waals surface area (Å²) in [7, 11) is 0. The van der Waals surface area contributed by atoms with E-state index in [-0.39, 0.29) is 11.8 Å². The molecule has 33 heavy (non-hydrogen) atoms. The van der Waals surface area contributed by atoms with Gasteiger partial charge in [0.25, 0.3) is 0 Å². The lowest BCUT2D eigenvalue weighted by atomic mass is 10.2. The first-order valence-electron chi connectivity index (χ1n) is 10.7. The molecule has 2 amide bonds. The molecule has 2 aromatic carbocycles. The highest BCUT2D eigenvalue weighted by Crippen LogP contribution is 2.16. The van der Waals surface area contributed by atoms with Crippen LogP contribution in [0.5, 0.6) is 0 Å². The fraction of sp³-hybridized carbons (Fsp3) is 0.304. The van der Waals surface area contributed by atoms with Crippen molar-refractivity contribution in [2.75, 3.05) is 53.4 Å². The fourth-order valence-corrected chi connectivity index (χ4v) is 4.98. The Morgan fingerprint density at radius 1 is 0.727 bits per heavy atom. The molecule has 172 valence electrons. The van der Waals surface area contributed by atoms with Crippen LogP contribution in [0.2, 0.25) is 0 Å². The highest BCUT2D eigenvalue weighted by atomic mass is 32.2. The average Bonchev–Trinajstić information content (AvgIpc) is 3.55. The number of carbonyl (C=O) groups excluding carboxylic acids is 2. The van der Waals surface area contributed by atoms with Crippen molar-refractivity contribution in [1.29, 1.82) is 0 Å². The predicted octanol–water partition coefficient (Wildman–Crippen LogP) is 2.39. The first-order valence-corrected chi connectivity index (χ1v) is 13.0. The minimum absolute atomic E-state index is 0.0596. The van der Waals surface area contributed by atoms with Crippen LogP contribution in [-0.4, -0.2) is 66.3 Å². The maximum atomic E-state index is 12.1. The first kappa shape index (κ1) is 23.2. The van der Waals surface area contributed by atoms with E-state index in [1.54, 1.807) is 0 Å². The molecule has 2 heterocycles. The minimum Gasteiger partial charge on any atom is -0.368 e. The lowest BCUT2D eigenvalue weighted by molar-refractivity contribution is -0.114. The molecule has 2 aliphatic rings. The number of nitrogens with one attached hydrogen (secondary N) is 4. The van der Waals surface area contributed by atoms with Crippen LogP contribution < -0.4 is 21.3 Å². The Balaban J connectivity index is 1.10. The summed E-state index contributed by atoms with van der Waals surface area (Å²) in [5.74, 6) is 2.36. The summed E-state index contributed by atoms with van der Waals surface area (Å²) >= 11 is 2.98. The number of aliphatic imine (C=N–C) groups is 2. The van der Waals surface area contributed by atoms with E-state index in [4.69, 9.17) is 0 Å². The van der Waals surface area contributed by atoms with Crippen molar-refractivity contribution in [2.24, 2.45) is 9.98 Å². The van der Waals surface area contributed by atoms with Crippen molar-refractivity contribution in [3.63, 3.8) is 0 Å². The maximum absolute atomic E-state index is 12.1. The summed E-state index contributed by atoms with van der Waals surface area (Å²) in [6.45, 7) is 3.33. The monoisotopic (exact) mass is 482 g/mol. The van der Waals surface area contributed by atoms with E-state index in [1.165, 1.54) is 23.5 Å². The smallest absolute Gasteiger partial charge is 0.234 e. The van der Waals surface area contributed by atoms with Crippen molar-refractivity contribution in [1.82, 2.24) is 10.6 Å². The molecule has 0 radical (unpaired) electrons. The molecule has 0 saturated heterocycles. The van der Waals surface area contributed by atoms with Gasteiger partial charge < -0.3 is 21.3 Å². The topological polar surface area (TPSA) is 107 Å². The molecule has 0 fully saturated rings. The van der Waals surface area contributed by atoms with Gasteiger partial charge in [0.05, 0.1) is 24.6 Å². The largest absolute Gasteiger partial charge is 0.368 e. The van der Waals surface area contributed by atoms with Crippen molar-refractivity contribution in [3.05, 3.63) is 59.7 Å². The Hall–Kier alpha value is -2.98. The number of amides is 2. The van der Waals surface area contributed by atoms with Gasteiger partial charge in [-0.15, -0.1) is 23.5 Å². The standard InChI is InChI=1S/C23H26N6O2S2/c30-20(28-18-5-1-16(2-6-18)22-24-9-10-25-22)13-32-15-33-14-21(31)29-19-7-3-17(4-8-19)23-26-11-12-27-23/h1-8H,9-15H2,(H,24,25)(H,26,27)(H,28,30)(H,29,31). The van der Waals surface area contributed by atoms with E-state index in [2.05, 4.69) is 31.3 Å². The molecule has 0 saturated carbocycles. The van der Waals surface area contributed by atoms with E-state index in [0.717, 1.165) is 60.4 Å². The van der Waals surface area contributed by atoms with Crippen molar-refractivity contribution in [2.45, 2.75) is 0 Å². The van der Waals surface area contributed by atoms with E-state index in [0.29, 0.717) is 16.6 Å². The summed E-state index contributed by atoms with van der Waals surface area (Å²) in [6, 6.07) is 15.3. The van der Waals surface area contributed by atoms with Crippen LogP contribution in [0.3, 0.4) is 0 Å². The number of hydrogen-bond donors (Lipinski definition) is 4. The van der Waals surface area contributed by atoms with Crippen LogP contribution in [0.4, 0.5) is 11.4 Å². The number of carbonyl (C=O) groups is 2. The molecule has 0 aromatic heterocycles. The molecule has 0 atom stereocenters. The third-order valence-electron chi connectivity index (χ3n) is 4.87. The Bertz CT molecular complexity index is 954. The van der Waals surface area contributed by atoms with Gasteiger partial charge in [-0.2, -0.15) is 0 Å². The molecule has 0 aliphatic carbocycles. The predicted molar refractivity (Wildman–Crippen MR) is 139 cm³/mol. The van der Waals surface area contributed by atoms with Crippen molar-refractivity contribution >= 4 is 58.4 Å². The van der Waals surface area contributed by atoms with Gasteiger partial charge in [-0.3, -0.25) is 19.6 Å². The molecule has 0 bridgehead atoms. The van der Waals surface area contributed by atoms with Gasteiger partial charge in [0.1, 0.15) is 11.7 Å². The molecule has 4 rings (SSSR count). The van der Waals surface area contributed by atoms with Gasteiger partial charge in [-0.05, 0) is 48.5 Å². The highest BCUT2D eigenvalue weighted by molar-refractivity contribution is 8.16. The number of thioether (sulfide) groups is 2. The molecule has 4 N–H and O–H groups in total. The van der Waals surface area contributed by atoms with Crippen LogP contribution in [-0.2, 0) is 9.59 Å². The van der Waals surface area contributed by atoms with E-state index in [9.17, 15) is 9.59 Å². The SMILES string of the molecule is O=C(CSCSCC(=O)Nc1ccc(C2=NCCN2)cc1)Nc1ccc(C2=NCCN2)cc1. The van der Waals surface area contributed by atoms with Gasteiger partial charge >= 0.3 is 0 Å². The van der Waals surface area contributed by atoms with Crippen molar-refractivity contribution in [3.8, 4) is 0 Å². The molecule has 2 aliphatic heterocycles. The van der Waals surface area contributed by atoms with Crippen LogP contribution in [0.15, 0.2) is 58.5 Å². The third kappa shape index (κ3) is 7.00. The maximum Gasteiger partial charge on any atom is 0.234 e. The molecule has 0 unspecified atom stereocenters. The van der Waals surface area contributed by atoms with Gasteiger partial charge in [-0.25, -0.2) is 0 Å². The van der Waals surface area contributed by atoms with E-state index < -0.39 is 0 Å². The zero-order valence-corrected chi connectivity index (χ0v) is 19.7. The van der Waals surface area contributed by atoms with Crippen molar-refractivity contribution < 1.29 is 9.59 Å². The number of hydrogen-bond acceptors (Lipinski definition) is 8. The Morgan fingerprint density at radius 3 is 1.52 bits per heavy atom. The zero-order chi connectivity index (χ0) is 22.9. The summed E-state index contributed by atoms with van der Waals surface area (Å²) < 4.78 is 0. The quantitative estimate of drug-likeness (QED) is 0.306. The van der Waals surface area contributed by atoms with E-state index >= 15 is 0 Å².